The highest BCUT2D eigenvalue weighted by atomic mass is 16.2. The lowest BCUT2D eigenvalue weighted by Crippen LogP contribution is -2.49. The van der Waals surface area contributed by atoms with E-state index in [0.29, 0.717) is 0 Å². The predicted molar refractivity (Wildman–Crippen MR) is 80.4 cm³/mol. The number of benzene rings is 1. The van der Waals surface area contributed by atoms with Crippen molar-refractivity contribution in [1.29, 1.82) is 0 Å². The van der Waals surface area contributed by atoms with Crippen LogP contribution in [0.15, 0.2) is 42.7 Å². The van der Waals surface area contributed by atoms with Gasteiger partial charge in [-0.15, -0.1) is 0 Å². The minimum absolute atomic E-state index is 0.118. The lowest BCUT2D eigenvalue weighted by atomic mass is 10.0. The van der Waals surface area contributed by atoms with Crippen LogP contribution < -0.4 is 0 Å². The zero-order valence-corrected chi connectivity index (χ0v) is 12.2. The number of hydrogen-bond acceptors (Lipinski definition) is 3. The smallest absolute Gasteiger partial charge is 0.220 e. The third kappa shape index (κ3) is 3.13. The Kier molecular flexibility index (Phi) is 4.01. The first-order valence-electron chi connectivity index (χ1n) is 7.27. The first-order valence-corrected chi connectivity index (χ1v) is 7.27. The highest BCUT2D eigenvalue weighted by Gasteiger charge is 2.29. The summed E-state index contributed by atoms with van der Waals surface area (Å²) in [5.74, 6) is 1.11. The number of aromatic amines is 1. The number of carbonyl (C=O) groups excluding carboxylic acids is 1. The van der Waals surface area contributed by atoms with Gasteiger partial charge in [-0.2, -0.15) is 0 Å². The van der Waals surface area contributed by atoms with Crippen LogP contribution in [-0.2, 0) is 11.3 Å². The molecule has 2 aromatic rings. The first-order chi connectivity index (χ1) is 10.2. The second-order valence-electron chi connectivity index (χ2n) is 5.41. The van der Waals surface area contributed by atoms with Crippen molar-refractivity contribution in [2.75, 3.05) is 19.6 Å². The number of carbonyl (C=O) groups is 1. The molecular formula is C16H20N4O. The molecule has 1 atom stereocenters. The van der Waals surface area contributed by atoms with Crippen molar-refractivity contribution in [2.24, 2.45) is 0 Å². The van der Waals surface area contributed by atoms with Gasteiger partial charge in [0.15, 0.2) is 0 Å². The van der Waals surface area contributed by atoms with Crippen molar-refractivity contribution in [3.05, 3.63) is 54.1 Å². The Morgan fingerprint density at radius 3 is 2.81 bits per heavy atom. The number of nitrogens with one attached hydrogen (secondary N) is 1. The molecule has 0 radical (unpaired) electrons. The Hall–Kier alpha value is -2.14. The summed E-state index contributed by atoms with van der Waals surface area (Å²) in [4.78, 5) is 23.6. The fourth-order valence-corrected chi connectivity index (χ4v) is 2.92. The molecule has 5 nitrogen and oxygen atoms in total. The summed E-state index contributed by atoms with van der Waals surface area (Å²) >= 11 is 0. The van der Waals surface area contributed by atoms with E-state index in [1.165, 1.54) is 5.56 Å². The first kappa shape index (κ1) is 13.8. The van der Waals surface area contributed by atoms with Gasteiger partial charge in [-0.05, 0) is 5.56 Å². The standard InChI is InChI=1S/C16H20N4O/c1-13(21)20-10-9-19(12-16-17-7-8-18-16)11-15(20)14-5-3-2-4-6-14/h2-8,15H,9-12H2,1H3,(H,17,18). The molecule has 0 saturated carbocycles. The fourth-order valence-electron chi connectivity index (χ4n) is 2.92. The summed E-state index contributed by atoms with van der Waals surface area (Å²) < 4.78 is 0. The third-order valence-electron chi connectivity index (χ3n) is 3.98. The van der Waals surface area contributed by atoms with Crippen LogP contribution in [0.2, 0.25) is 0 Å². The van der Waals surface area contributed by atoms with E-state index in [1.54, 1.807) is 13.1 Å². The second-order valence-corrected chi connectivity index (χ2v) is 5.41. The van der Waals surface area contributed by atoms with Crippen LogP contribution in [0.25, 0.3) is 0 Å². The number of rotatable bonds is 3. The van der Waals surface area contributed by atoms with Gasteiger partial charge >= 0.3 is 0 Å². The van der Waals surface area contributed by atoms with Gasteiger partial charge in [0.25, 0.3) is 0 Å². The van der Waals surface area contributed by atoms with Gasteiger partial charge in [0.1, 0.15) is 5.82 Å². The zero-order valence-electron chi connectivity index (χ0n) is 12.2. The summed E-state index contributed by atoms with van der Waals surface area (Å²) in [5.41, 5.74) is 1.19. The maximum absolute atomic E-state index is 11.9. The van der Waals surface area contributed by atoms with E-state index in [2.05, 4.69) is 27.0 Å². The van der Waals surface area contributed by atoms with Crippen molar-refractivity contribution >= 4 is 5.91 Å². The van der Waals surface area contributed by atoms with Crippen molar-refractivity contribution in [2.45, 2.75) is 19.5 Å². The van der Waals surface area contributed by atoms with Crippen LogP contribution in [0.1, 0.15) is 24.4 Å². The molecule has 110 valence electrons. The van der Waals surface area contributed by atoms with Crippen LogP contribution in [-0.4, -0.2) is 45.3 Å². The van der Waals surface area contributed by atoms with Gasteiger partial charge < -0.3 is 9.88 Å². The normalized spacial score (nSPS) is 19.7. The fraction of sp³-hybridized carbons (Fsp3) is 0.375. The van der Waals surface area contributed by atoms with E-state index in [-0.39, 0.29) is 11.9 Å². The molecule has 0 aliphatic carbocycles. The Morgan fingerprint density at radius 2 is 2.14 bits per heavy atom. The average molecular weight is 284 g/mol. The third-order valence-corrected chi connectivity index (χ3v) is 3.98. The van der Waals surface area contributed by atoms with Gasteiger partial charge in [-0.25, -0.2) is 4.98 Å². The molecule has 1 N–H and O–H groups in total. The predicted octanol–water partition coefficient (Wildman–Crippen LogP) is 1.82. The molecule has 1 aromatic carbocycles. The number of nitrogens with zero attached hydrogens (tertiary/aromatic N) is 3. The maximum atomic E-state index is 11.9. The van der Waals surface area contributed by atoms with E-state index in [4.69, 9.17) is 0 Å². The Balaban J connectivity index is 1.77. The molecule has 1 aliphatic heterocycles. The Morgan fingerprint density at radius 1 is 1.33 bits per heavy atom. The van der Waals surface area contributed by atoms with Crippen LogP contribution >= 0.6 is 0 Å². The summed E-state index contributed by atoms with van der Waals surface area (Å²) in [5, 5.41) is 0. The number of hydrogen-bond donors (Lipinski definition) is 1. The van der Waals surface area contributed by atoms with Crippen LogP contribution in [0.4, 0.5) is 0 Å². The highest BCUT2D eigenvalue weighted by molar-refractivity contribution is 5.74. The lowest BCUT2D eigenvalue weighted by Gasteiger charge is -2.41. The van der Waals surface area contributed by atoms with Crippen molar-refractivity contribution in [1.82, 2.24) is 19.8 Å². The van der Waals surface area contributed by atoms with Crippen LogP contribution in [0.5, 0.6) is 0 Å². The number of H-pyrrole nitrogens is 1. The Bertz CT molecular complexity index is 582. The topological polar surface area (TPSA) is 52.2 Å². The minimum Gasteiger partial charge on any atom is -0.348 e. The van der Waals surface area contributed by atoms with Crippen molar-refractivity contribution in [3.8, 4) is 0 Å². The summed E-state index contributed by atoms with van der Waals surface area (Å²) in [6.07, 6.45) is 3.62. The molecule has 3 rings (SSSR count). The highest BCUT2D eigenvalue weighted by Crippen LogP contribution is 2.26. The van der Waals surface area contributed by atoms with Gasteiger partial charge in [-0.1, -0.05) is 30.3 Å². The van der Waals surface area contributed by atoms with Crippen LogP contribution in [0.3, 0.4) is 0 Å². The Labute approximate surface area is 124 Å². The summed E-state index contributed by atoms with van der Waals surface area (Å²) in [7, 11) is 0. The molecule has 0 spiro atoms. The molecule has 1 saturated heterocycles. The molecular weight excluding hydrogens is 264 g/mol. The molecule has 1 aliphatic rings. The van der Waals surface area contributed by atoms with Gasteiger partial charge in [-0.3, -0.25) is 9.69 Å². The van der Waals surface area contributed by atoms with Gasteiger partial charge in [0.2, 0.25) is 5.91 Å². The number of aromatic nitrogens is 2. The van der Waals surface area contributed by atoms with Crippen molar-refractivity contribution in [3.63, 3.8) is 0 Å². The number of amides is 1. The quantitative estimate of drug-likeness (QED) is 0.935. The molecule has 0 bridgehead atoms. The molecule has 1 fully saturated rings. The van der Waals surface area contributed by atoms with Crippen molar-refractivity contribution < 1.29 is 4.79 Å². The molecule has 1 amide bonds. The molecule has 21 heavy (non-hydrogen) atoms. The number of imidazole rings is 1. The molecule has 5 heteroatoms. The van der Waals surface area contributed by atoms with E-state index in [9.17, 15) is 4.79 Å². The molecule has 1 aromatic heterocycles. The van der Waals surface area contributed by atoms with E-state index in [0.717, 1.165) is 32.0 Å². The van der Waals surface area contributed by atoms with E-state index in [1.807, 2.05) is 29.3 Å². The van der Waals surface area contributed by atoms with E-state index >= 15 is 0 Å². The molecule has 1 unspecified atom stereocenters. The number of piperazine rings is 1. The van der Waals surface area contributed by atoms with E-state index < -0.39 is 0 Å². The molecule has 2 heterocycles. The lowest BCUT2D eigenvalue weighted by molar-refractivity contribution is -0.134. The SMILES string of the molecule is CC(=O)N1CCN(Cc2ncc[nH]2)CC1c1ccccc1. The average Bonchev–Trinajstić information content (AvgIpc) is 3.01. The largest absolute Gasteiger partial charge is 0.348 e. The summed E-state index contributed by atoms with van der Waals surface area (Å²) in [6, 6.07) is 10.4. The monoisotopic (exact) mass is 284 g/mol. The van der Waals surface area contributed by atoms with Gasteiger partial charge in [0.05, 0.1) is 12.6 Å². The summed E-state index contributed by atoms with van der Waals surface area (Å²) in [6.45, 7) is 4.92. The van der Waals surface area contributed by atoms with Crippen LogP contribution in [0, 0.1) is 0 Å². The minimum atomic E-state index is 0.118. The van der Waals surface area contributed by atoms with Gasteiger partial charge in [0, 0.05) is 39.0 Å². The second kappa shape index (κ2) is 6.10. The zero-order chi connectivity index (χ0) is 14.7. The maximum Gasteiger partial charge on any atom is 0.220 e.